The molecule has 1 aromatic rings. The van der Waals surface area contributed by atoms with Crippen molar-refractivity contribution in [1.29, 1.82) is 0 Å². The van der Waals surface area contributed by atoms with Gasteiger partial charge in [0.1, 0.15) is 0 Å². The third kappa shape index (κ3) is 3.08. The van der Waals surface area contributed by atoms with Gasteiger partial charge >= 0.3 is 0 Å². The maximum Gasteiger partial charge on any atom is 0.231 e. The largest absolute Gasteiger partial charge is 0.369 e. The predicted molar refractivity (Wildman–Crippen MR) is 78.7 cm³/mol. The zero-order valence-corrected chi connectivity index (χ0v) is 12.8. The molecule has 98 valence electrons. The van der Waals surface area contributed by atoms with Gasteiger partial charge in [-0.2, -0.15) is 0 Å². The molecule has 2 N–H and O–H groups in total. The van der Waals surface area contributed by atoms with Crippen molar-refractivity contribution in [2.45, 2.75) is 24.3 Å². The summed E-state index contributed by atoms with van der Waals surface area (Å²) in [4.78, 5) is 14.6. The van der Waals surface area contributed by atoms with E-state index in [1.165, 1.54) is 10.5 Å². The Labute approximate surface area is 120 Å². The number of benzene rings is 1. The fourth-order valence-electron chi connectivity index (χ4n) is 2.37. The van der Waals surface area contributed by atoms with E-state index in [1.807, 2.05) is 11.8 Å². The summed E-state index contributed by atoms with van der Waals surface area (Å²) in [6, 6.07) is 6.68. The first-order chi connectivity index (χ1) is 8.61. The molecule has 1 aromatic carbocycles. The summed E-state index contributed by atoms with van der Waals surface area (Å²) >= 11 is 5.40. The van der Waals surface area contributed by atoms with Gasteiger partial charge in [-0.1, -0.05) is 22.9 Å². The normalized spacial score (nSPS) is 18.7. The molecule has 18 heavy (non-hydrogen) atoms. The van der Waals surface area contributed by atoms with Gasteiger partial charge < -0.3 is 5.73 Å². The van der Waals surface area contributed by atoms with E-state index in [-0.39, 0.29) is 5.91 Å². The van der Waals surface area contributed by atoms with E-state index in [2.05, 4.69) is 46.0 Å². The first-order valence-electron chi connectivity index (χ1n) is 6.06. The van der Waals surface area contributed by atoms with Gasteiger partial charge in [0, 0.05) is 15.4 Å². The molecule has 0 saturated heterocycles. The van der Waals surface area contributed by atoms with Gasteiger partial charge in [0.25, 0.3) is 0 Å². The fraction of sp³-hybridized carbons (Fsp3) is 0.462. The highest BCUT2D eigenvalue weighted by Gasteiger charge is 2.26. The predicted octanol–water partition coefficient (Wildman–Crippen LogP) is 2.79. The van der Waals surface area contributed by atoms with Gasteiger partial charge in [0.05, 0.1) is 6.54 Å². The molecule has 0 saturated carbocycles. The Hall–Kier alpha value is -0.520. The highest BCUT2D eigenvalue weighted by Crippen LogP contribution is 2.40. The van der Waals surface area contributed by atoms with Crippen molar-refractivity contribution < 1.29 is 4.79 Å². The van der Waals surface area contributed by atoms with Crippen LogP contribution < -0.4 is 5.73 Å². The van der Waals surface area contributed by atoms with Crippen molar-refractivity contribution in [3.05, 3.63) is 28.2 Å². The van der Waals surface area contributed by atoms with Crippen molar-refractivity contribution in [3.8, 4) is 0 Å². The van der Waals surface area contributed by atoms with Crippen LogP contribution in [-0.2, 0) is 4.79 Å². The van der Waals surface area contributed by atoms with Crippen LogP contribution in [0.2, 0.25) is 0 Å². The maximum atomic E-state index is 11.2. The standard InChI is InChI=1S/C13H17BrN2OS/c1-2-16(8-13(15)17)11-5-6-18-12-4-3-9(14)7-10(11)12/h3-4,7,11H,2,5-6,8H2,1H3,(H2,15,17)/t11-/m0/s1. The number of carbonyl (C=O) groups excluding carboxylic acids is 1. The minimum Gasteiger partial charge on any atom is -0.369 e. The number of hydrogen-bond acceptors (Lipinski definition) is 3. The molecule has 0 spiro atoms. The molecular formula is C13H17BrN2OS. The molecule has 1 heterocycles. The zero-order valence-electron chi connectivity index (χ0n) is 10.4. The zero-order chi connectivity index (χ0) is 13.1. The maximum absolute atomic E-state index is 11.2. The summed E-state index contributed by atoms with van der Waals surface area (Å²) in [5, 5.41) is 0. The first kappa shape index (κ1) is 13.9. The average Bonchev–Trinajstić information content (AvgIpc) is 2.35. The molecule has 1 atom stereocenters. The van der Waals surface area contributed by atoms with Gasteiger partial charge in [0.2, 0.25) is 5.91 Å². The number of fused-ring (bicyclic) bond motifs is 1. The topological polar surface area (TPSA) is 46.3 Å². The molecule has 5 heteroatoms. The second-order valence-corrected chi connectivity index (χ2v) is 6.42. The van der Waals surface area contributed by atoms with Crippen LogP contribution in [-0.4, -0.2) is 29.6 Å². The second-order valence-electron chi connectivity index (χ2n) is 4.36. The highest BCUT2D eigenvalue weighted by atomic mass is 79.9. The third-order valence-corrected chi connectivity index (χ3v) is 4.80. The molecule has 0 aromatic heterocycles. The molecular weight excluding hydrogens is 312 g/mol. The molecule has 0 fully saturated rings. The number of nitrogens with two attached hydrogens (primary N) is 1. The molecule has 0 radical (unpaired) electrons. The number of carbonyl (C=O) groups is 1. The van der Waals surface area contributed by atoms with E-state index >= 15 is 0 Å². The quantitative estimate of drug-likeness (QED) is 0.924. The smallest absolute Gasteiger partial charge is 0.231 e. The number of amides is 1. The minimum atomic E-state index is -0.258. The van der Waals surface area contributed by atoms with Crippen LogP contribution in [0.15, 0.2) is 27.6 Å². The number of primary amides is 1. The molecule has 1 aliphatic heterocycles. The summed E-state index contributed by atoms with van der Waals surface area (Å²) in [5.74, 6) is 0.834. The van der Waals surface area contributed by atoms with Crippen molar-refractivity contribution in [1.82, 2.24) is 4.90 Å². The van der Waals surface area contributed by atoms with Gasteiger partial charge in [-0.05, 0) is 42.5 Å². The average molecular weight is 329 g/mol. The van der Waals surface area contributed by atoms with Crippen LogP contribution in [0.25, 0.3) is 0 Å². The van der Waals surface area contributed by atoms with Crippen molar-refractivity contribution in [2.75, 3.05) is 18.8 Å². The van der Waals surface area contributed by atoms with Crippen LogP contribution >= 0.6 is 27.7 Å². The number of halogens is 1. The molecule has 3 nitrogen and oxygen atoms in total. The lowest BCUT2D eigenvalue weighted by Crippen LogP contribution is -2.37. The Morgan fingerprint density at radius 3 is 3.06 bits per heavy atom. The Kier molecular flexibility index (Phi) is 4.70. The van der Waals surface area contributed by atoms with Gasteiger partial charge in [-0.3, -0.25) is 9.69 Å². The monoisotopic (exact) mass is 328 g/mol. The SMILES string of the molecule is CCN(CC(N)=O)[C@H]1CCSc2ccc(Br)cc21. The second kappa shape index (κ2) is 6.08. The molecule has 2 rings (SSSR count). The number of thioether (sulfide) groups is 1. The van der Waals surface area contributed by atoms with Gasteiger partial charge in [-0.25, -0.2) is 0 Å². The van der Waals surface area contributed by atoms with Crippen LogP contribution in [0, 0.1) is 0 Å². The lowest BCUT2D eigenvalue weighted by atomic mass is 10.0. The van der Waals surface area contributed by atoms with Crippen LogP contribution in [0.3, 0.4) is 0 Å². The van der Waals surface area contributed by atoms with Gasteiger partial charge in [0.15, 0.2) is 0 Å². The lowest BCUT2D eigenvalue weighted by molar-refractivity contribution is -0.119. The molecule has 1 amide bonds. The van der Waals surface area contributed by atoms with Crippen LogP contribution in [0.1, 0.15) is 24.9 Å². The van der Waals surface area contributed by atoms with E-state index in [9.17, 15) is 4.79 Å². The summed E-state index contributed by atoms with van der Waals surface area (Å²) in [5.41, 5.74) is 6.64. The minimum absolute atomic E-state index is 0.258. The van der Waals surface area contributed by atoms with Crippen LogP contribution in [0.4, 0.5) is 0 Å². The van der Waals surface area contributed by atoms with Gasteiger partial charge in [-0.15, -0.1) is 11.8 Å². The van der Waals surface area contributed by atoms with Crippen molar-refractivity contribution in [2.24, 2.45) is 5.73 Å². The summed E-state index contributed by atoms with van der Waals surface area (Å²) in [7, 11) is 0. The highest BCUT2D eigenvalue weighted by molar-refractivity contribution is 9.10. The Morgan fingerprint density at radius 2 is 2.39 bits per heavy atom. The number of hydrogen-bond donors (Lipinski definition) is 1. The van der Waals surface area contributed by atoms with E-state index in [0.29, 0.717) is 12.6 Å². The van der Waals surface area contributed by atoms with Crippen LogP contribution in [0.5, 0.6) is 0 Å². The van der Waals surface area contributed by atoms with E-state index < -0.39 is 0 Å². The first-order valence-corrected chi connectivity index (χ1v) is 7.84. The van der Waals surface area contributed by atoms with E-state index in [1.54, 1.807) is 0 Å². The fourth-order valence-corrected chi connectivity index (χ4v) is 3.83. The Balaban J connectivity index is 2.30. The van der Waals surface area contributed by atoms with E-state index in [4.69, 9.17) is 5.73 Å². The molecule has 0 aliphatic carbocycles. The van der Waals surface area contributed by atoms with Crippen molar-refractivity contribution >= 4 is 33.6 Å². The lowest BCUT2D eigenvalue weighted by Gasteiger charge is -2.34. The number of rotatable bonds is 4. The molecule has 0 bridgehead atoms. The summed E-state index contributed by atoms with van der Waals surface area (Å²) < 4.78 is 1.09. The summed E-state index contributed by atoms with van der Waals surface area (Å²) in [6.07, 6.45) is 1.06. The van der Waals surface area contributed by atoms with Crippen molar-refractivity contribution in [3.63, 3.8) is 0 Å². The Bertz CT molecular complexity index is 453. The third-order valence-electron chi connectivity index (χ3n) is 3.19. The van der Waals surface area contributed by atoms with E-state index in [0.717, 1.165) is 23.2 Å². The molecule has 1 aliphatic rings. The number of nitrogens with zero attached hydrogens (tertiary/aromatic N) is 1. The Morgan fingerprint density at radius 1 is 1.61 bits per heavy atom. The summed E-state index contributed by atoms with van der Waals surface area (Å²) in [6.45, 7) is 3.24. The number of likely N-dealkylation sites (N-methyl/N-ethyl adjacent to an activating group) is 1. The molecule has 0 unspecified atom stereocenters.